The summed E-state index contributed by atoms with van der Waals surface area (Å²) in [4.78, 5) is 11.0. The summed E-state index contributed by atoms with van der Waals surface area (Å²) in [5.41, 5.74) is 0.154. The lowest BCUT2D eigenvalue weighted by molar-refractivity contribution is 0.0696. The van der Waals surface area contributed by atoms with Crippen LogP contribution in [0.15, 0.2) is 45.9 Å². The number of carboxylic acids is 1. The van der Waals surface area contributed by atoms with Crippen LogP contribution in [0.5, 0.6) is 0 Å². The molecule has 1 heterocycles. The van der Waals surface area contributed by atoms with Crippen LogP contribution < -0.4 is 10.0 Å². The van der Waals surface area contributed by atoms with Crippen LogP contribution in [0.2, 0.25) is 0 Å². The van der Waals surface area contributed by atoms with Crippen LogP contribution in [0, 0.1) is 0 Å². The Morgan fingerprint density at radius 3 is 2.72 bits per heavy atom. The molecule has 2 aromatic rings. The first-order valence-electron chi connectivity index (χ1n) is 7.48. The van der Waals surface area contributed by atoms with Gasteiger partial charge in [-0.3, -0.25) is 0 Å². The van der Waals surface area contributed by atoms with E-state index in [1.165, 1.54) is 25.5 Å². The van der Waals surface area contributed by atoms with Crippen LogP contribution in [-0.4, -0.2) is 39.3 Å². The number of hydrogen-bond acceptors (Lipinski definition) is 6. The molecule has 8 nitrogen and oxygen atoms in total. The van der Waals surface area contributed by atoms with Crippen LogP contribution in [0.25, 0.3) is 0 Å². The number of aromatic carboxylic acids is 1. The van der Waals surface area contributed by atoms with Gasteiger partial charge in [0.15, 0.2) is 0 Å². The molecule has 9 heteroatoms. The highest BCUT2D eigenvalue weighted by Crippen LogP contribution is 2.24. The van der Waals surface area contributed by atoms with E-state index in [1.54, 1.807) is 19.1 Å². The predicted octanol–water partition coefficient (Wildman–Crippen LogP) is 1.90. The summed E-state index contributed by atoms with van der Waals surface area (Å²) in [5.74, 6) is -0.592. The molecule has 0 amide bonds. The topological polar surface area (TPSA) is 118 Å². The minimum absolute atomic E-state index is 0.122. The third-order valence-corrected chi connectivity index (χ3v) is 4.95. The summed E-state index contributed by atoms with van der Waals surface area (Å²) in [6.45, 7) is 2.10. The highest BCUT2D eigenvalue weighted by molar-refractivity contribution is 7.89. The molecule has 0 aliphatic rings. The van der Waals surface area contributed by atoms with Gasteiger partial charge in [-0.05, 0) is 37.3 Å². The number of methoxy groups -OCH3 is 1. The van der Waals surface area contributed by atoms with Gasteiger partial charge < -0.3 is 19.6 Å². The van der Waals surface area contributed by atoms with Crippen molar-refractivity contribution in [2.75, 3.05) is 19.0 Å². The van der Waals surface area contributed by atoms with E-state index in [9.17, 15) is 13.2 Å². The van der Waals surface area contributed by atoms with Crippen molar-refractivity contribution >= 4 is 21.7 Å². The van der Waals surface area contributed by atoms with Gasteiger partial charge in [0.2, 0.25) is 10.0 Å². The number of hydrogen-bond donors (Lipinski definition) is 3. The summed E-state index contributed by atoms with van der Waals surface area (Å²) in [6, 6.07) is 6.87. The molecule has 0 unspecified atom stereocenters. The number of anilines is 1. The Labute approximate surface area is 145 Å². The Morgan fingerprint density at radius 2 is 2.12 bits per heavy atom. The second-order valence-corrected chi connectivity index (χ2v) is 7.11. The van der Waals surface area contributed by atoms with E-state index in [4.69, 9.17) is 14.3 Å². The number of nitrogens with one attached hydrogen (secondary N) is 2. The van der Waals surface area contributed by atoms with E-state index in [0.717, 1.165) is 6.07 Å². The van der Waals surface area contributed by atoms with Gasteiger partial charge in [0, 0.05) is 13.2 Å². The van der Waals surface area contributed by atoms with Crippen molar-refractivity contribution in [3.63, 3.8) is 0 Å². The van der Waals surface area contributed by atoms with Crippen LogP contribution in [0.1, 0.15) is 23.0 Å². The standard InChI is InChI=1S/C16H20N2O6S/c1-11(10-23-2)18-25(21,22)15-8-12(16(19)20)5-6-14(15)17-9-13-4-3-7-24-13/h3-8,11,17-18H,9-10H2,1-2H3,(H,19,20)/t11-/m0/s1. The monoisotopic (exact) mass is 368 g/mol. The van der Waals surface area contributed by atoms with Crippen molar-refractivity contribution in [1.29, 1.82) is 0 Å². The van der Waals surface area contributed by atoms with Gasteiger partial charge in [-0.25, -0.2) is 17.9 Å². The minimum Gasteiger partial charge on any atom is -0.478 e. The van der Waals surface area contributed by atoms with Gasteiger partial charge in [-0.1, -0.05) is 0 Å². The number of sulfonamides is 1. The molecule has 0 aliphatic carbocycles. The third kappa shape index (κ3) is 5.05. The molecule has 1 atom stereocenters. The van der Waals surface area contributed by atoms with Gasteiger partial charge in [-0.15, -0.1) is 0 Å². The minimum atomic E-state index is -3.95. The zero-order valence-electron chi connectivity index (χ0n) is 13.9. The smallest absolute Gasteiger partial charge is 0.335 e. The molecule has 0 aliphatic heterocycles. The van der Waals surface area contributed by atoms with Crippen LogP contribution >= 0.6 is 0 Å². The van der Waals surface area contributed by atoms with E-state index in [1.807, 2.05) is 0 Å². The summed E-state index contributed by atoms with van der Waals surface area (Å²) >= 11 is 0. The average molecular weight is 368 g/mol. The molecule has 0 fully saturated rings. The molecule has 3 N–H and O–H groups in total. The van der Waals surface area contributed by atoms with Gasteiger partial charge in [-0.2, -0.15) is 0 Å². The lowest BCUT2D eigenvalue weighted by Crippen LogP contribution is -2.36. The maximum Gasteiger partial charge on any atom is 0.335 e. The van der Waals surface area contributed by atoms with Crippen molar-refractivity contribution in [1.82, 2.24) is 4.72 Å². The maximum atomic E-state index is 12.7. The first-order valence-corrected chi connectivity index (χ1v) is 8.96. The molecular weight excluding hydrogens is 348 g/mol. The largest absolute Gasteiger partial charge is 0.478 e. The number of benzene rings is 1. The SMILES string of the molecule is COC[C@H](C)NS(=O)(=O)c1cc(C(=O)O)ccc1NCc1ccco1. The quantitative estimate of drug-likeness (QED) is 0.619. The van der Waals surface area contributed by atoms with E-state index in [2.05, 4.69) is 10.0 Å². The lowest BCUT2D eigenvalue weighted by atomic mass is 10.2. The highest BCUT2D eigenvalue weighted by Gasteiger charge is 2.23. The zero-order valence-corrected chi connectivity index (χ0v) is 14.7. The van der Waals surface area contributed by atoms with Crippen molar-refractivity contribution < 1.29 is 27.5 Å². The van der Waals surface area contributed by atoms with E-state index < -0.39 is 22.0 Å². The fraction of sp³-hybridized carbons (Fsp3) is 0.312. The molecule has 136 valence electrons. The second-order valence-electron chi connectivity index (χ2n) is 5.43. The fourth-order valence-electron chi connectivity index (χ4n) is 2.23. The Hall–Kier alpha value is -2.36. The Kier molecular flexibility index (Phi) is 6.18. The lowest BCUT2D eigenvalue weighted by Gasteiger charge is -2.17. The van der Waals surface area contributed by atoms with Crippen molar-refractivity contribution in [2.45, 2.75) is 24.4 Å². The Balaban J connectivity index is 2.33. The molecule has 0 saturated heterocycles. The fourth-order valence-corrected chi connectivity index (χ4v) is 3.67. The third-order valence-electron chi connectivity index (χ3n) is 3.32. The predicted molar refractivity (Wildman–Crippen MR) is 91.1 cm³/mol. The summed E-state index contributed by atoms with van der Waals surface area (Å²) < 4.78 is 37.9. The number of ether oxygens (including phenoxy) is 1. The summed E-state index contributed by atoms with van der Waals surface area (Å²) in [6.07, 6.45) is 1.51. The number of carboxylic acid groups (broad SMARTS) is 1. The molecule has 0 bridgehead atoms. The maximum absolute atomic E-state index is 12.7. The van der Waals surface area contributed by atoms with Gasteiger partial charge in [0.25, 0.3) is 0 Å². The number of carbonyl (C=O) groups is 1. The first-order chi connectivity index (χ1) is 11.8. The normalized spacial score (nSPS) is 12.7. The molecule has 0 spiro atoms. The molecule has 1 aromatic carbocycles. The van der Waals surface area contributed by atoms with Crippen molar-refractivity contribution in [2.24, 2.45) is 0 Å². The first kappa shape index (κ1) is 19.0. The molecule has 1 aromatic heterocycles. The molecule has 25 heavy (non-hydrogen) atoms. The van der Waals surface area contributed by atoms with E-state index >= 15 is 0 Å². The zero-order chi connectivity index (χ0) is 18.4. The van der Waals surface area contributed by atoms with Crippen LogP contribution in [0.3, 0.4) is 0 Å². The molecule has 2 rings (SSSR count). The van der Waals surface area contributed by atoms with E-state index in [0.29, 0.717) is 5.76 Å². The summed E-state index contributed by atoms with van der Waals surface area (Å²) in [5, 5.41) is 12.1. The van der Waals surface area contributed by atoms with Gasteiger partial charge >= 0.3 is 5.97 Å². The van der Waals surface area contributed by atoms with Crippen LogP contribution in [0.4, 0.5) is 5.69 Å². The van der Waals surface area contributed by atoms with Gasteiger partial charge in [0.1, 0.15) is 10.7 Å². The summed E-state index contributed by atoms with van der Waals surface area (Å²) in [7, 11) is -2.48. The van der Waals surface area contributed by atoms with Crippen molar-refractivity contribution in [3.8, 4) is 0 Å². The number of furan rings is 1. The molecule has 0 radical (unpaired) electrons. The average Bonchev–Trinajstić information content (AvgIpc) is 3.05. The molecule has 0 saturated carbocycles. The Bertz CT molecular complexity index is 817. The highest BCUT2D eigenvalue weighted by atomic mass is 32.2. The van der Waals surface area contributed by atoms with Crippen molar-refractivity contribution in [3.05, 3.63) is 47.9 Å². The van der Waals surface area contributed by atoms with Crippen LogP contribution in [-0.2, 0) is 21.3 Å². The number of rotatable bonds is 9. The van der Waals surface area contributed by atoms with Gasteiger partial charge in [0.05, 0.1) is 30.7 Å². The molecular formula is C16H20N2O6S. The van der Waals surface area contributed by atoms with E-state index in [-0.39, 0.29) is 29.3 Å². The second kappa shape index (κ2) is 8.15. The Morgan fingerprint density at radius 1 is 1.36 bits per heavy atom.